The van der Waals surface area contributed by atoms with E-state index in [-0.39, 0.29) is 16.6 Å². The van der Waals surface area contributed by atoms with Gasteiger partial charge in [-0.05, 0) is 35.5 Å². The molecule has 0 spiro atoms. The van der Waals surface area contributed by atoms with Crippen LogP contribution in [-0.2, 0) is 14.4 Å². The third-order valence-electron chi connectivity index (χ3n) is 3.59. The van der Waals surface area contributed by atoms with Gasteiger partial charge in [0.25, 0.3) is 5.69 Å². The van der Waals surface area contributed by atoms with Crippen LogP contribution in [0.1, 0.15) is 11.1 Å². The molecule has 0 aliphatic heterocycles. The van der Waals surface area contributed by atoms with E-state index in [0.29, 0.717) is 5.56 Å². The van der Waals surface area contributed by atoms with Gasteiger partial charge in [0.1, 0.15) is 0 Å². The van der Waals surface area contributed by atoms with Gasteiger partial charge in [0.15, 0.2) is 5.34 Å². The minimum absolute atomic E-state index is 0.119. The summed E-state index contributed by atoms with van der Waals surface area (Å²) in [7, 11) is -2.66. The van der Waals surface area contributed by atoms with Crippen LogP contribution in [0.15, 0.2) is 54.6 Å². The molecule has 0 amide bonds. The predicted molar refractivity (Wildman–Crippen MR) is 98.7 cm³/mol. The maximum Gasteiger partial charge on any atom is 0.309 e. The molecule has 0 saturated carbocycles. The first-order valence-corrected chi connectivity index (χ1v) is 9.88. The van der Waals surface area contributed by atoms with E-state index in [1.165, 1.54) is 31.4 Å². The van der Waals surface area contributed by atoms with Crippen LogP contribution in [-0.4, -0.2) is 22.5 Å². The van der Waals surface area contributed by atoms with E-state index in [4.69, 9.17) is 4.52 Å². The normalized spacial score (nSPS) is 15.3. The molecule has 2 aromatic carbocycles. The zero-order chi connectivity index (χ0) is 18.5. The summed E-state index contributed by atoms with van der Waals surface area (Å²) in [5, 5.41) is 19.7. The highest BCUT2D eigenvalue weighted by Crippen LogP contribution is 2.62. The van der Waals surface area contributed by atoms with Gasteiger partial charge in [-0.25, -0.2) is 0 Å². The Balaban J connectivity index is 2.48. The van der Waals surface area contributed by atoms with Crippen molar-refractivity contribution < 1.29 is 19.1 Å². The van der Waals surface area contributed by atoms with E-state index in [0.717, 1.165) is 0 Å². The second-order valence-electron chi connectivity index (χ2n) is 5.09. The van der Waals surface area contributed by atoms with Crippen LogP contribution in [0.25, 0.3) is 0 Å². The molecule has 0 aromatic heterocycles. The molecule has 0 bridgehead atoms. The van der Waals surface area contributed by atoms with E-state index >= 15 is 0 Å². The zero-order valence-corrected chi connectivity index (χ0v) is 15.7. The third-order valence-corrected chi connectivity index (χ3v) is 7.15. The molecular weight excluding hydrogens is 409 g/mol. The molecule has 2 atom stereocenters. The van der Waals surface area contributed by atoms with Gasteiger partial charge >= 0.3 is 7.37 Å². The van der Waals surface area contributed by atoms with Gasteiger partial charge in [0, 0.05) is 30.1 Å². The highest BCUT2D eigenvalue weighted by atomic mass is 79.9. The highest BCUT2D eigenvalue weighted by Gasteiger charge is 2.47. The number of hydrogen-bond acceptors (Lipinski definition) is 5. The Morgan fingerprint density at radius 2 is 1.84 bits per heavy atom. The molecule has 8 heteroatoms. The van der Waals surface area contributed by atoms with E-state index in [1.807, 2.05) is 6.07 Å². The molecule has 130 valence electrons. The third kappa shape index (κ3) is 4.00. The topological polar surface area (TPSA) is 89.7 Å². The van der Waals surface area contributed by atoms with E-state index in [2.05, 4.69) is 27.5 Å². The lowest BCUT2D eigenvalue weighted by Crippen LogP contribution is -2.28. The molecule has 0 radical (unpaired) electrons. The first-order chi connectivity index (χ1) is 11.9. The first kappa shape index (κ1) is 19.4. The predicted octanol–water partition coefficient (Wildman–Crippen LogP) is 4.07. The van der Waals surface area contributed by atoms with Crippen LogP contribution in [0.5, 0.6) is 0 Å². The number of non-ortho nitro benzene ring substituents is 1. The maximum atomic E-state index is 13.2. The number of alkyl halides is 1. The molecule has 0 fully saturated rings. The molecule has 2 rings (SSSR count). The van der Waals surface area contributed by atoms with Crippen molar-refractivity contribution in [2.24, 2.45) is 0 Å². The lowest BCUT2D eigenvalue weighted by Gasteiger charge is -2.30. The summed E-state index contributed by atoms with van der Waals surface area (Å²) in [5.41, 5.74) is 3.26. The number of benzene rings is 2. The number of rotatable bonds is 5. The molecule has 0 unspecified atom stereocenters. The summed E-state index contributed by atoms with van der Waals surface area (Å²) < 4.78 is 18.3. The van der Waals surface area contributed by atoms with Crippen molar-refractivity contribution in [1.29, 1.82) is 0 Å². The molecule has 0 heterocycles. The Bertz CT molecular complexity index is 860. The molecule has 6 nitrogen and oxygen atoms in total. The highest BCUT2D eigenvalue weighted by molar-refractivity contribution is 9.09. The summed E-state index contributed by atoms with van der Waals surface area (Å²) in [6.45, 7) is 0. The largest absolute Gasteiger partial charge is 0.374 e. The van der Waals surface area contributed by atoms with E-state index in [9.17, 15) is 19.8 Å². The molecular formula is C17H15BrNO5P. The average molecular weight is 424 g/mol. The smallest absolute Gasteiger partial charge is 0.309 e. The van der Waals surface area contributed by atoms with Crippen molar-refractivity contribution in [2.45, 2.75) is 5.34 Å². The van der Waals surface area contributed by atoms with Gasteiger partial charge in [0.05, 0.1) is 4.92 Å². The fourth-order valence-corrected chi connectivity index (χ4v) is 4.94. The number of nitro groups is 1. The number of nitrogens with zero attached hydrogens (tertiary/aromatic N) is 1. The van der Waals surface area contributed by atoms with Gasteiger partial charge in [0.2, 0.25) is 0 Å². The van der Waals surface area contributed by atoms with E-state index < -0.39 is 17.6 Å². The van der Waals surface area contributed by atoms with Crippen molar-refractivity contribution in [3.05, 3.63) is 75.8 Å². The minimum atomic E-state index is -3.87. The summed E-state index contributed by atoms with van der Waals surface area (Å²) in [6.07, 6.45) is 0. The van der Waals surface area contributed by atoms with Crippen LogP contribution in [0.4, 0.5) is 5.69 Å². The summed E-state index contributed by atoms with van der Waals surface area (Å²) in [6, 6.07) is 14.0. The van der Waals surface area contributed by atoms with Crippen molar-refractivity contribution in [3.63, 3.8) is 0 Å². The van der Waals surface area contributed by atoms with Crippen LogP contribution >= 0.6 is 23.3 Å². The number of hydrogen-bond donors (Lipinski definition) is 1. The van der Waals surface area contributed by atoms with Gasteiger partial charge in [-0.2, -0.15) is 0 Å². The summed E-state index contributed by atoms with van der Waals surface area (Å²) in [4.78, 5) is 10.2. The molecule has 25 heavy (non-hydrogen) atoms. The van der Waals surface area contributed by atoms with Crippen molar-refractivity contribution in [2.75, 3.05) is 12.4 Å². The maximum absolute atomic E-state index is 13.2. The average Bonchev–Trinajstić information content (AvgIpc) is 2.66. The quantitative estimate of drug-likeness (QED) is 0.257. The molecule has 0 aliphatic carbocycles. The lowest BCUT2D eigenvalue weighted by molar-refractivity contribution is -0.384. The van der Waals surface area contributed by atoms with Gasteiger partial charge in [-0.3, -0.25) is 14.7 Å². The Morgan fingerprint density at radius 3 is 2.32 bits per heavy atom. The molecule has 1 N–H and O–H groups in total. The van der Waals surface area contributed by atoms with Crippen LogP contribution in [0, 0.1) is 21.7 Å². The molecule has 0 aliphatic rings. The van der Waals surface area contributed by atoms with Crippen LogP contribution in [0.2, 0.25) is 0 Å². The van der Waals surface area contributed by atoms with Gasteiger partial charge < -0.3 is 9.63 Å². The Morgan fingerprint density at radius 1 is 1.24 bits per heavy atom. The second-order valence-corrected chi connectivity index (χ2v) is 8.08. The Hall–Kier alpha value is -1.97. The fraction of sp³-hybridized carbons (Fsp3) is 0.176. The number of halogens is 1. The molecule has 2 aromatic rings. The first-order valence-electron chi connectivity index (χ1n) is 7.14. The molecule has 0 saturated heterocycles. The van der Waals surface area contributed by atoms with E-state index in [1.54, 1.807) is 24.3 Å². The number of nitro benzene ring substituents is 1. The zero-order valence-electron chi connectivity index (χ0n) is 13.3. The number of aliphatic hydroxyl groups is 1. The second kappa shape index (κ2) is 7.94. The van der Waals surface area contributed by atoms with Crippen molar-refractivity contribution in [1.82, 2.24) is 0 Å². The SMILES string of the molecule is CO[P@@](=O)(C#Cc1ccccc1)[C@](O)(CBr)c1ccc([N+](=O)[O-])cc1. The standard InChI is InChI=1S/C17H15BrNO5P/c1-24-25(23,12-11-14-5-3-2-4-6-14)17(20,13-18)15-7-9-16(10-8-15)19(21)22/h2-10,20H,13H2,1H3/t17-,25+/m1/s1. The summed E-state index contributed by atoms with van der Waals surface area (Å²) >= 11 is 3.16. The fourth-order valence-electron chi connectivity index (χ4n) is 2.12. The Labute approximate surface area is 153 Å². The minimum Gasteiger partial charge on any atom is -0.374 e. The van der Waals surface area contributed by atoms with Crippen molar-refractivity contribution >= 4 is 29.0 Å². The Kier molecular flexibility index (Phi) is 6.15. The lowest BCUT2D eigenvalue weighted by atomic mass is 10.1. The van der Waals surface area contributed by atoms with Crippen LogP contribution in [0.3, 0.4) is 0 Å². The van der Waals surface area contributed by atoms with Gasteiger partial charge in [-0.1, -0.05) is 40.0 Å². The summed E-state index contributed by atoms with van der Waals surface area (Å²) in [5.74, 6) is 2.75. The monoisotopic (exact) mass is 423 g/mol. The van der Waals surface area contributed by atoms with Crippen LogP contribution < -0.4 is 0 Å². The van der Waals surface area contributed by atoms with Gasteiger partial charge in [-0.15, -0.1) is 0 Å². The van der Waals surface area contributed by atoms with Crippen molar-refractivity contribution in [3.8, 4) is 11.6 Å².